The summed E-state index contributed by atoms with van der Waals surface area (Å²) in [7, 11) is 0. The molecule has 2 aromatic rings. The van der Waals surface area contributed by atoms with Crippen molar-refractivity contribution in [3.05, 3.63) is 58.6 Å². The minimum absolute atomic E-state index is 0.220. The molecule has 0 aromatic heterocycles. The number of esters is 1. The Bertz CT molecular complexity index is 829. The lowest BCUT2D eigenvalue weighted by Crippen LogP contribution is -2.32. The van der Waals surface area contributed by atoms with Gasteiger partial charge in [-0.15, -0.1) is 0 Å². The van der Waals surface area contributed by atoms with E-state index in [2.05, 4.69) is 5.32 Å². The molecule has 2 aromatic carbocycles. The van der Waals surface area contributed by atoms with Crippen LogP contribution in [0, 0.1) is 18.6 Å². The van der Waals surface area contributed by atoms with Crippen molar-refractivity contribution >= 4 is 29.2 Å². The first-order chi connectivity index (χ1) is 12.3. The van der Waals surface area contributed by atoms with Crippen LogP contribution >= 0.6 is 11.6 Å². The zero-order chi connectivity index (χ0) is 19.3. The molecule has 0 bridgehead atoms. The first-order valence-electron chi connectivity index (χ1n) is 7.60. The highest BCUT2D eigenvalue weighted by molar-refractivity contribution is 6.32. The molecule has 2 rings (SSSR count). The van der Waals surface area contributed by atoms with E-state index in [0.29, 0.717) is 16.8 Å². The summed E-state index contributed by atoms with van der Waals surface area (Å²) < 4.78 is 36.6. The van der Waals surface area contributed by atoms with E-state index in [1.807, 2.05) is 6.92 Å². The molecule has 0 radical (unpaired) electrons. The molecule has 0 saturated carbocycles. The molecule has 1 atom stereocenters. The van der Waals surface area contributed by atoms with Gasteiger partial charge in [0.15, 0.2) is 12.7 Å². The highest BCUT2D eigenvalue weighted by atomic mass is 35.5. The number of amides is 1. The van der Waals surface area contributed by atoms with Crippen molar-refractivity contribution in [2.45, 2.75) is 20.0 Å². The predicted octanol–water partition coefficient (Wildman–Crippen LogP) is 3.88. The Hall–Kier alpha value is -2.67. The van der Waals surface area contributed by atoms with Crippen LogP contribution in [-0.4, -0.2) is 24.6 Å². The quantitative estimate of drug-likeness (QED) is 0.769. The number of rotatable bonds is 6. The van der Waals surface area contributed by atoms with E-state index < -0.39 is 36.2 Å². The number of carbonyl (C=O) groups excluding carboxylic acids is 2. The number of ether oxygens (including phenoxy) is 2. The van der Waals surface area contributed by atoms with Gasteiger partial charge in [0.25, 0.3) is 5.91 Å². The number of anilines is 1. The Labute approximate surface area is 153 Å². The lowest BCUT2D eigenvalue weighted by atomic mass is 10.2. The summed E-state index contributed by atoms with van der Waals surface area (Å²) in [4.78, 5) is 23.7. The Morgan fingerprint density at radius 1 is 1.19 bits per heavy atom. The predicted molar refractivity (Wildman–Crippen MR) is 92.2 cm³/mol. The molecular weight excluding hydrogens is 368 g/mol. The van der Waals surface area contributed by atoms with Gasteiger partial charge in [-0.1, -0.05) is 17.7 Å². The first-order valence-corrected chi connectivity index (χ1v) is 7.98. The van der Waals surface area contributed by atoms with Crippen molar-refractivity contribution in [3.8, 4) is 5.75 Å². The Morgan fingerprint density at radius 2 is 1.92 bits per heavy atom. The van der Waals surface area contributed by atoms with Crippen LogP contribution in [-0.2, 0) is 14.3 Å². The van der Waals surface area contributed by atoms with Crippen LogP contribution in [0.25, 0.3) is 0 Å². The van der Waals surface area contributed by atoms with Crippen LogP contribution in [0.2, 0.25) is 5.02 Å². The fourth-order valence-electron chi connectivity index (χ4n) is 1.97. The molecule has 0 aliphatic heterocycles. The molecule has 8 heteroatoms. The van der Waals surface area contributed by atoms with E-state index in [4.69, 9.17) is 21.1 Å². The van der Waals surface area contributed by atoms with Crippen LogP contribution in [0.4, 0.5) is 14.5 Å². The van der Waals surface area contributed by atoms with Crippen molar-refractivity contribution in [3.63, 3.8) is 0 Å². The maximum atomic E-state index is 13.5. The molecule has 0 saturated heterocycles. The van der Waals surface area contributed by atoms with Gasteiger partial charge in [0, 0.05) is 6.07 Å². The lowest BCUT2D eigenvalue weighted by molar-refractivity contribution is -0.155. The molecule has 0 fully saturated rings. The molecule has 0 aliphatic rings. The van der Waals surface area contributed by atoms with Gasteiger partial charge in [-0.25, -0.2) is 13.6 Å². The Kier molecular flexibility index (Phi) is 6.52. The maximum absolute atomic E-state index is 13.5. The van der Waals surface area contributed by atoms with Crippen molar-refractivity contribution in [2.24, 2.45) is 0 Å². The van der Waals surface area contributed by atoms with E-state index in [0.717, 1.165) is 17.7 Å². The molecule has 0 unspecified atom stereocenters. The third kappa shape index (κ3) is 5.42. The summed E-state index contributed by atoms with van der Waals surface area (Å²) in [6.07, 6.45) is -1.21. The van der Waals surface area contributed by atoms with Crippen LogP contribution in [0.5, 0.6) is 5.75 Å². The van der Waals surface area contributed by atoms with Gasteiger partial charge < -0.3 is 14.8 Å². The van der Waals surface area contributed by atoms with Crippen LogP contribution in [0.15, 0.2) is 36.4 Å². The summed E-state index contributed by atoms with van der Waals surface area (Å²) in [5.74, 6) is -2.96. The van der Waals surface area contributed by atoms with E-state index in [9.17, 15) is 18.4 Å². The van der Waals surface area contributed by atoms with E-state index >= 15 is 0 Å². The van der Waals surface area contributed by atoms with Gasteiger partial charge in [0.05, 0.1) is 10.7 Å². The molecule has 0 aliphatic carbocycles. The maximum Gasteiger partial charge on any atom is 0.344 e. The van der Waals surface area contributed by atoms with Crippen molar-refractivity contribution in [1.29, 1.82) is 0 Å². The fraction of sp³-hybridized carbons (Fsp3) is 0.222. The highest BCUT2D eigenvalue weighted by Crippen LogP contribution is 2.25. The summed E-state index contributed by atoms with van der Waals surface area (Å²) in [5.41, 5.74) is 0.675. The molecule has 26 heavy (non-hydrogen) atoms. The van der Waals surface area contributed by atoms with Crippen molar-refractivity contribution in [1.82, 2.24) is 0 Å². The highest BCUT2D eigenvalue weighted by Gasteiger charge is 2.20. The van der Waals surface area contributed by atoms with E-state index in [1.165, 1.54) is 6.92 Å². The van der Waals surface area contributed by atoms with Gasteiger partial charge in [-0.3, -0.25) is 4.79 Å². The fourth-order valence-corrected chi connectivity index (χ4v) is 2.14. The Balaban J connectivity index is 1.87. The van der Waals surface area contributed by atoms with Gasteiger partial charge >= 0.3 is 5.97 Å². The monoisotopic (exact) mass is 383 g/mol. The largest absolute Gasteiger partial charge is 0.480 e. The SMILES string of the molecule is Cc1ccc(Cl)c(OCC(=O)O[C@@H](C)C(=O)Nc2ccc(F)cc2F)c1. The number of hydrogen-bond acceptors (Lipinski definition) is 4. The topological polar surface area (TPSA) is 64.6 Å². The number of halogens is 3. The number of hydrogen-bond donors (Lipinski definition) is 1. The number of nitrogens with one attached hydrogen (secondary N) is 1. The smallest absolute Gasteiger partial charge is 0.344 e. The molecule has 0 spiro atoms. The zero-order valence-corrected chi connectivity index (χ0v) is 14.8. The number of benzene rings is 2. The van der Waals surface area contributed by atoms with E-state index in [1.54, 1.807) is 18.2 Å². The average Bonchev–Trinajstić information content (AvgIpc) is 2.58. The summed E-state index contributed by atoms with van der Waals surface area (Å²) >= 11 is 5.95. The number of carbonyl (C=O) groups is 2. The number of aryl methyl sites for hydroxylation is 1. The third-order valence-electron chi connectivity index (χ3n) is 3.30. The van der Waals surface area contributed by atoms with Crippen molar-refractivity contribution < 1.29 is 27.8 Å². The molecule has 5 nitrogen and oxygen atoms in total. The molecule has 1 amide bonds. The molecule has 1 N–H and O–H groups in total. The standard InChI is InChI=1S/C18H16ClF2NO4/c1-10-3-5-13(19)16(7-10)25-9-17(23)26-11(2)18(24)22-15-6-4-12(20)8-14(15)21/h3-8,11H,9H2,1-2H3,(H,22,24)/t11-/m0/s1. The van der Waals surface area contributed by atoms with Gasteiger partial charge in [-0.05, 0) is 43.7 Å². The van der Waals surface area contributed by atoms with E-state index in [-0.39, 0.29) is 5.69 Å². The molecule has 138 valence electrons. The minimum atomic E-state index is -1.21. The second kappa shape index (κ2) is 8.62. The third-order valence-corrected chi connectivity index (χ3v) is 3.61. The lowest BCUT2D eigenvalue weighted by Gasteiger charge is -2.14. The molecule has 0 heterocycles. The van der Waals surface area contributed by atoms with Crippen molar-refractivity contribution in [2.75, 3.05) is 11.9 Å². The second-order valence-corrected chi connectivity index (χ2v) is 5.88. The first kappa shape index (κ1) is 19.7. The van der Waals surface area contributed by atoms with Gasteiger partial charge in [0.2, 0.25) is 0 Å². The summed E-state index contributed by atoms with van der Waals surface area (Å²) in [6, 6.07) is 7.77. The second-order valence-electron chi connectivity index (χ2n) is 5.47. The Morgan fingerprint density at radius 3 is 2.62 bits per heavy atom. The normalized spacial score (nSPS) is 11.6. The van der Waals surface area contributed by atoms with Crippen LogP contribution < -0.4 is 10.1 Å². The average molecular weight is 384 g/mol. The zero-order valence-electron chi connectivity index (χ0n) is 14.0. The minimum Gasteiger partial charge on any atom is -0.480 e. The summed E-state index contributed by atoms with van der Waals surface area (Å²) in [6.45, 7) is 2.70. The van der Waals surface area contributed by atoms with Crippen LogP contribution in [0.3, 0.4) is 0 Å². The van der Waals surface area contributed by atoms with Gasteiger partial charge in [-0.2, -0.15) is 0 Å². The van der Waals surface area contributed by atoms with Crippen LogP contribution in [0.1, 0.15) is 12.5 Å². The van der Waals surface area contributed by atoms with Gasteiger partial charge in [0.1, 0.15) is 17.4 Å². The summed E-state index contributed by atoms with van der Waals surface area (Å²) in [5, 5.41) is 2.55. The molecular formula is C18H16ClF2NO4.